The predicted octanol–water partition coefficient (Wildman–Crippen LogP) is 2.46. The summed E-state index contributed by atoms with van der Waals surface area (Å²) < 4.78 is 43.2. The molecular formula is C14H25F3N2O. The molecule has 118 valence electrons. The number of nitrogens with one attached hydrogen (secondary N) is 2. The minimum atomic E-state index is -4.01. The second-order valence-electron chi connectivity index (χ2n) is 6.12. The van der Waals surface area contributed by atoms with Crippen LogP contribution in [0, 0.1) is 5.92 Å². The number of morpholine rings is 1. The van der Waals surface area contributed by atoms with E-state index < -0.39 is 12.1 Å². The predicted molar refractivity (Wildman–Crippen MR) is 71.6 cm³/mol. The first kappa shape index (κ1) is 16.0. The fraction of sp³-hybridized carbons (Fsp3) is 1.00. The lowest BCUT2D eigenvalue weighted by Crippen LogP contribution is -2.47. The zero-order valence-electron chi connectivity index (χ0n) is 12.0. The highest BCUT2D eigenvalue weighted by Crippen LogP contribution is 2.37. The van der Waals surface area contributed by atoms with E-state index in [-0.39, 0.29) is 18.9 Å². The van der Waals surface area contributed by atoms with E-state index in [1.165, 1.54) is 0 Å². The van der Waals surface area contributed by atoms with Crippen molar-refractivity contribution in [2.24, 2.45) is 5.92 Å². The summed E-state index contributed by atoms with van der Waals surface area (Å²) in [7, 11) is 0. The molecule has 6 heteroatoms. The van der Waals surface area contributed by atoms with Crippen LogP contribution in [0.25, 0.3) is 0 Å². The highest BCUT2D eigenvalue weighted by molar-refractivity contribution is 4.84. The molecule has 1 saturated carbocycles. The Morgan fingerprint density at radius 3 is 2.50 bits per heavy atom. The summed E-state index contributed by atoms with van der Waals surface area (Å²) in [4.78, 5) is 0. The number of hydrogen-bond donors (Lipinski definition) is 2. The van der Waals surface area contributed by atoms with Crippen molar-refractivity contribution in [1.29, 1.82) is 0 Å². The third-order valence-electron chi connectivity index (χ3n) is 4.35. The van der Waals surface area contributed by atoms with Crippen LogP contribution >= 0.6 is 0 Å². The number of halogens is 3. The van der Waals surface area contributed by atoms with Crippen molar-refractivity contribution in [1.82, 2.24) is 10.6 Å². The molecule has 1 aliphatic carbocycles. The van der Waals surface area contributed by atoms with Gasteiger partial charge in [-0.05, 0) is 39.0 Å². The summed E-state index contributed by atoms with van der Waals surface area (Å²) in [6.45, 7) is 4.48. The lowest BCUT2D eigenvalue weighted by atomic mass is 9.85. The maximum Gasteiger partial charge on any atom is 0.391 e. The molecule has 1 saturated heterocycles. The maximum absolute atomic E-state index is 12.6. The largest absolute Gasteiger partial charge is 0.391 e. The van der Waals surface area contributed by atoms with Gasteiger partial charge in [0.05, 0.1) is 19.1 Å². The smallest absolute Gasteiger partial charge is 0.379 e. The molecule has 0 aromatic rings. The van der Waals surface area contributed by atoms with E-state index in [9.17, 15) is 13.2 Å². The highest BCUT2D eigenvalue weighted by atomic mass is 19.4. The van der Waals surface area contributed by atoms with Gasteiger partial charge in [-0.15, -0.1) is 0 Å². The lowest BCUT2D eigenvalue weighted by molar-refractivity contribution is -0.182. The van der Waals surface area contributed by atoms with Gasteiger partial charge in [0, 0.05) is 24.7 Å². The van der Waals surface area contributed by atoms with Crippen LogP contribution in [-0.4, -0.2) is 44.1 Å². The van der Waals surface area contributed by atoms with Gasteiger partial charge in [0.2, 0.25) is 0 Å². The van der Waals surface area contributed by atoms with Crippen LogP contribution in [0.3, 0.4) is 0 Å². The lowest BCUT2D eigenvalue weighted by Gasteiger charge is -2.33. The molecule has 20 heavy (non-hydrogen) atoms. The van der Waals surface area contributed by atoms with Crippen molar-refractivity contribution < 1.29 is 17.9 Å². The topological polar surface area (TPSA) is 33.3 Å². The molecule has 2 fully saturated rings. The Morgan fingerprint density at radius 1 is 1.25 bits per heavy atom. The van der Waals surface area contributed by atoms with E-state index >= 15 is 0 Å². The third-order valence-corrected chi connectivity index (χ3v) is 4.35. The van der Waals surface area contributed by atoms with Crippen molar-refractivity contribution in [3.63, 3.8) is 0 Å². The van der Waals surface area contributed by atoms with E-state index in [1.54, 1.807) is 0 Å². The van der Waals surface area contributed by atoms with Crippen LogP contribution in [0.15, 0.2) is 0 Å². The molecule has 2 atom stereocenters. The molecule has 3 nitrogen and oxygen atoms in total. The Labute approximate surface area is 118 Å². The van der Waals surface area contributed by atoms with Gasteiger partial charge >= 0.3 is 6.18 Å². The van der Waals surface area contributed by atoms with Gasteiger partial charge in [0.1, 0.15) is 0 Å². The van der Waals surface area contributed by atoms with Gasteiger partial charge in [0.15, 0.2) is 0 Å². The van der Waals surface area contributed by atoms with Crippen molar-refractivity contribution >= 4 is 0 Å². The molecule has 1 aliphatic heterocycles. The van der Waals surface area contributed by atoms with Gasteiger partial charge in [-0.25, -0.2) is 0 Å². The van der Waals surface area contributed by atoms with Crippen LogP contribution < -0.4 is 10.6 Å². The summed E-state index contributed by atoms with van der Waals surface area (Å²) in [6, 6.07) is 0.896. The van der Waals surface area contributed by atoms with Crippen molar-refractivity contribution in [2.75, 3.05) is 19.8 Å². The fourth-order valence-electron chi connectivity index (χ4n) is 3.26. The summed E-state index contributed by atoms with van der Waals surface area (Å²) in [5.74, 6) is -1.09. The number of ether oxygens (including phenoxy) is 1. The molecule has 2 aliphatic rings. The SMILES string of the molecule is CC(CC1COCCN1)NC1CCC(C(F)(F)F)CC1. The molecule has 2 rings (SSSR count). The first-order chi connectivity index (χ1) is 9.45. The molecule has 0 spiro atoms. The van der Waals surface area contributed by atoms with Gasteiger partial charge < -0.3 is 15.4 Å². The minimum absolute atomic E-state index is 0.230. The second-order valence-corrected chi connectivity index (χ2v) is 6.12. The standard InChI is InChI=1S/C14H25F3N2O/c1-10(8-13-9-20-7-6-18-13)19-12-4-2-11(3-5-12)14(15,16)17/h10-13,18-19H,2-9H2,1H3. The number of alkyl halides is 3. The van der Waals surface area contributed by atoms with Crippen molar-refractivity contribution in [3.8, 4) is 0 Å². The van der Waals surface area contributed by atoms with E-state index in [0.29, 0.717) is 24.9 Å². The van der Waals surface area contributed by atoms with Crippen LogP contribution in [0.4, 0.5) is 13.2 Å². The molecule has 0 aromatic carbocycles. The Hall–Kier alpha value is -0.330. The Balaban J connectivity index is 1.66. The van der Waals surface area contributed by atoms with E-state index in [0.717, 1.165) is 26.2 Å². The Morgan fingerprint density at radius 2 is 1.95 bits per heavy atom. The molecular weight excluding hydrogens is 269 g/mol. The van der Waals surface area contributed by atoms with Crippen LogP contribution in [0.5, 0.6) is 0 Å². The molecule has 0 bridgehead atoms. The zero-order chi connectivity index (χ0) is 14.6. The first-order valence-corrected chi connectivity index (χ1v) is 7.59. The summed E-state index contributed by atoms with van der Waals surface area (Å²) in [5, 5.41) is 6.88. The van der Waals surface area contributed by atoms with Crippen LogP contribution in [0.1, 0.15) is 39.0 Å². The average Bonchev–Trinajstić information content (AvgIpc) is 2.39. The normalized spacial score (nSPS) is 33.9. The van der Waals surface area contributed by atoms with Crippen molar-refractivity contribution in [2.45, 2.75) is 63.3 Å². The Kier molecular flexibility index (Phi) is 5.69. The molecule has 0 aromatic heterocycles. The van der Waals surface area contributed by atoms with Gasteiger partial charge in [0.25, 0.3) is 0 Å². The molecule has 1 heterocycles. The number of hydrogen-bond acceptors (Lipinski definition) is 3. The Bertz CT molecular complexity index is 285. The molecule has 2 N–H and O–H groups in total. The van der Waals surface area contributed by atoms with Crippen LogP contribution in [-0.2, 0) is 4.74 Å². The average molecular weight is 294 g/mol. The van der Waals surface area contributed by atoms with Crippen molar-refractivity contribution in [3.05, 3.63) is 0 Å². The van der Waals surface area contributed by atoms with Gasteiger partial charge in [-0.2, -0.15) is 13.2 Å². The summed E-state index contributed by atoms with van der Waals surface area (Å²) >= 11 is 0. The fourth-order valence-corrected chi connectivity index (χ4v) is 3.26. The molecule has 0 amide bonds. The highest BCUT2D eigenvalue weighted by Gasteiger charge is 2.41. The van der Waals surface area contributed by atoms with E-state index in [4.69, 9.17) is 4.74 Å². The van der Waals surface area contributed by atoms with Crippen LogP contribution in [0.2, 0.25) is 0 Å². The summed E-state index contributed by atoms with van der Waals surface area (Å²) in [6.07, 6.45) is -1.28. The number of rotatable bonds is 4. The van der Waals surface area contributed by atoms with Gasteiger partial charge in [-0.1, -0.05) is 0 Å². The monoisotopic (exact) mass is 294 g/mol. The molecule has 0 radical (unpaired) electrons. The van der Waals surface area contributed by atoms with E-state index in [2.05, 4.69) is 17.6 Å². The minimum Gasteiger partial charge on any atom is -0.379 e. The molecule has 2 unspecified atom stereocenters. The maximum atomic E-state index is 12.6. The third kappa shape index (κ3) is 4.90. The van der Waals surface area contributed by atoms with E-state index in [1.807, 2.05) is 0 Å². The summed E-state index contributed by atoms with van der Waals surface area (Å²) in [5.41, 5.74) is 0. The zero-order valence-corrected chi connectivity index (χ0v) is 12.0. The van der Waals surface area contributed by atoms with Gasteiger partial charge in [-0.3, -0.25) is 0 Å². The quantitative estimate of drug-likeness (QED) is 0.835. The second kappa shape index (κ2) is 7.09. The first-order valence-electron chi connectivity index (χ1n) is 7.59.